The van der Waals surface area contributed by atoms with Crippen LogP contribution in [0.4, 0.5) is 4.79 Å². The van der Waals surface area contributed by atoms with Crippen molar-refractivity contribution in [2.75, 3.05) is 26.8 Å². The topological polar surface area (TPSA) is 76.7 Å². The van der Waals surface area contributed by atoms with E-state index >= 15 is 0 Å². The third kappa shape index (κ3) is 11.0. The second-order valence-electron chi connectivity index (χ2n) is 4.52. The molecule has 0 fully saturated rings. The number of carbonyl (C=O) groups excluding carboxylic acids is 2. The van der Waals surface area contributed by atoms with Crippen LogP contribution in [0.3, 0.4) is 0 Å². The molecule has 2 N–H and O–H groups in total. The molecule has 100 valence electrons. The van der Waals surface area contributed by atoms with Gasteiger partial charge < -0.3 is 20.1 Å². The second-order valence-corrected chi connectivity index (χ2v) is 4.52. The van der Waals surface area contributed by atoms with Crippen LogP contribution in [0, 0.1) is 0 Å². The Morgan fingerprint density at radius 3 is 2.29 bits per heavy atom. The van der Waals surface area contributed by atoms with Gasteiger partial charge in [-0.3, -0.25) is 4.79 Å². The maximum absolute atomic E-state index is 11.2. The van der Waals surface area contributed by atoms with Crippen LogP contribution < -0.4 is 10.6 Å². The highest BCUT2D eigenvalue weighted by atomic mass is 16.6. The van der Waals surface area contributed by atoms with Crippen molar-refractivity contribution < 1.29 is 19.1 Å². The Hall–Kier alpha value is -1.30. The predicted octanol–water partition coefficient (Wildman–Crippen LogP) is 0.664. The number of hydrogen-bond donors (Lipinski definition) is 2. The molecule has 17 heavy (non-hydrogen) atoms. The van der Waals surface area contributed by atoms with E-state index in [4.69, 9.17) is 9.47 Å². The van der Waals surface area contributed by atoms with Crippen LogP contribution in [0.2, 0.25) is 0 Å². The number of hydrogen-bond acceptors (Lipinski definition) is 4. The highest BCUT2D eigenvalue weighted by Gasteiger charge is 2.15. The first-order valence-electron chi connectivity index (χ1n) is 5.57. The molecule has 0 saturated heterocycles. The van der Waals surface area contributed by atoms with Crippen molar-refractivity contribution in [3.8, 4) is 0 Å². The van der Waals surface area contributed by atoms with E-state index in [1.165, 1.54) is 0 Å². The van der Waals surface area contributed by atoms with E-state index in [1.54, 1.807) is 27.9 Å². The average molecular weight is 246 g/mol. The lowest BCUT2D eigenvalue weighted by Gasteiger charge is -2.19. The van der Waals surface area contributed by atoms with Gasteiger partial charge in [-0.2, -0.15) is 0 Å². The molecule has 2 amide bonds. The van der Waals surface area contributed by atoms with Gasteiger partial charge in [-0.15, -0.1) is 0 Å². The van der Waals surface area contributed by atoms with Crippen molar-refractivity contribution in [3.63, 3.8) is 0 Å². The van der Waals surface area contributed by atoms with Crippen LogP contribution in [0.1, 0.15) is 27.2 Å². The smallest absolute Gasteiger partial charge is 0.407 e. The Balaban J connectivity index is 3.56. The van der Waals surface area contributed by atoms with Crippen molar-refractivity contribution in [1.29, 1.82) is 0 Å². The van der Waals surface area contributed by atoms with Crippen LogP contribution >= 0.6 is 0 Å². The van der Waals surface area contributed by atoms with E-state index in [0.717, 1.165) is 0 Å². The fraction of sp³-hybridized carbons (Fsp3) is 0.818. The van der Waals surface area contributed by atoms with Crippen LogP contribution in [-0.2, 0) is 14.3 Å². The Kier molecular flexibility index (Phi) is 7.29. The summed E-state index contributed by atoms with van der Waals surface area (Å²) in [5, 5.41) is 5.16. The zero-order valence-corrected chi connectivity index (χ0v) is 11.0. The molecule has 6 heteroatoms. The molecule has 0 aromatic heterocycles. The molecule has 0 spiro atoms. The molecule has 0 aliphatic rings. The van der Waals surface area contributed by atoms with Crippen molar-refractivity contribution in [1.82, 2.24) is 10.6 Å². The van der Waals surface area contributed by atoms with Crippen LogP contribution in [0.5, 0.6) is 0 Å². The molecular weight excluding hydrogens is 224 g/mol. The Labute approximate surface area is 102 Å². The van der Waals surface area contributed by atoms with Crippen LogP contribution in [0.25, 0.3) is 0 Å². The largest absolute Gasteiger partial charge is 0.444 e. The standard InChI is InChI=1S/C11H22N2O4/c1-11(2,3)17-10(15)13-6-5-9(14)12-7-8-16-4/h5-8H2,1-4H3,(H,12,14)(H,13,15). The van der Waals surface area contributed by atoms with Crippen molar-refractivity contribution in [3.05, 3.63) is 0 Å². The lowest BCUT2D eigenvalue weighted by Crippen LogP contribution is -2.35. The number of nitrogens with one attached hydrogen (secondary N) is 2. The second kappa shape index (κ2) is 7.89. The molecule has 0 saturated carbocycles. The fourth-order valence-corrected chi connectivity index (χ4v) is 0.973. The molecule has 0 aromatic carbocycles. The average Bonchev–Trinajstić information content (AvgIpc) is 2.15. The van der Waals surface area contributed by atoms with Gasteiger partial charge >= 0.3 is 6.09 Å². The zero-order chi connectivity index (χ0) is 13.3. The van der Waals surface area contributed by atoms with Gasteiger partial charge in [0.25, 0.3) is 0 Å². The predicted molar refractivity (Wildman–Crippen MR) is 63.7 cm³/mol. The van der Waals surface area contributed by atoms with Crippen molar-refractivity contribution in [2.24, 2.45) is 0 Å². The zero-order valence-electron chi connectivity index (χ0n) is 11.0. The van der Waals surface area contributed by atoms with Gasteiger partial charge in [0.05, 0.1) is 6.61 Å². The van der Waals surface area contributed by atoms with Gasteiger partial charge in [-0.05, 0) is 20.8 Å². The van der Waals surface area contributed by atoms with Crippen molar-refractivity contribution >= 4 is 12.0 Å². The molecular formula is C11H22N2O4. The van der Waals surface area contributed by atoms with E-state index in [9.17, 15) is 9.59 Å². The van der Waals surface area contributed by atoms with E-state index < -0.39 is 11.7 Å². The number of ether oxygens (including phenoxy) is 2. The van der Waals surface area contributed by atoms with Gasteiger partial charge in [0, 0.05) is 26.6 Å². The summed E-state index contributed by atoms with van der Waals surface area (Å²) in [6.07, 6.45) is -0.287. The van der Waals surface area contributed by atoms with Gasteiger partial charge in [-0.25, -0.2) is 4.79 Å². The normalized spacial score (nSPS) is 10.8. The molecule has 0 heterocycles. The maximum atomic E-state index is 11.2. The molecule has 0 unspecified atom stereocenters. The number of rotatable bonds is 6. The van der Waals surface area contributed by atoms with Crippen LogP contribution in [0.15, 0.2) is 0 Å². The van der Waals surface area contributed by atoms with E-state index in [0.29, 0.717) is 13.2 Å². The van der Waals surface area contributed by atoms with E-state index in [2.05, 4.69) is 10.6 Å². The molecule has 0 aliphatic heterocycles. The Morgan fingerprint density at radius 2 is 1.76 bits per heavy atom. The summed E-state index contributed by atoms with van der Waals surface area (Å²) in [7, 11) is 1.57. The molecule has 0 aliphatic carbocycles. The summed E-state index contributed by atoms with van der Waals surface area (Å²) in [5.74, 6) is -0.127. The molecule has 0 rings (SSSR count). The maximum Gasteiger partial charge on any atom is 0.407 e. The third-order valence-corrected chi connectivity index (χ3v) is 1.65. The Bertz CT molecular complexity index is 248. The molecule has 0 radical (unpaired) electrons. The quantitative estimate of drug-likeness (QED) is 0.675. The fourth-order valence-electron chi connectivity index (χ4n) is 0.973. The van der Waals surface area contributed by atoms with E-state index in [-0.39, 0.29) is 18.9 Å². The summed E-state index contributed by atoms with van der Waals surface area (Å²) in [5.41, 5.74) is -0.523. The van der Waals surface area contributed by atoms with Gasteiger partial charge in [0.2, 0.25) is 5.91 Å². The highest BCUT2D eigenvalue weighted by molar-refractivity contribution is 5.76. The molecule has 0 aromatic rings. The first kappa shape index (κ1) is 15.7. The van der Waals surface area contributed by atoms with Gasteiger partial charge in [0.1, 0.15) is 5.60 Å². The third-order valence-electron chi connectivity index (χ3n) is 1.65. The number of carbonyl (C=O) groups is 2. The monoisotopic (exact) mass is 246 g/mol. The summed E-state index contributed by atoms with van der Waals surface area (Å²) in [6.45, 7) is 6.55. The molecule has 0 bridgehead atoms. The first-order valence-corrected chi connectivity index (χ1v) is 5.57. The van der Waals surface area contributed by atoms with Gasteiger partial charge in [-0.1, -0.05) is 0 Å². The van der Waals surface area contributed by atoms with Gasteiger partial charge in [0.15, 0.2) is 0 Å². The number of methoxy groups -OCH3 is 1. The summed E-state index contributed by atoms with van der Waals surface area (Å²) < 4.78 is 9.80. The minimum Gasteiger partial charge on any atom is -0.444 e. The summed E-state index contributed by atoms with van der Waals surface area (Å²) in [6, 6.07) is 0. The minimum atomic E-state index is -0.523. The summed E-state index contributed by atoms with van der Waals surface area (Å²) >= 11 is 0. The Morgan fingerprint density at radius 1 is 1.12 bits per heavy atom. The van der Waals surface area contributed by atoms with E-state index in [1.807, 2.05) is 0 Å². The number of amides is 2. The first-order chi connectivity index (χ1) is 7.85. The lowest BCUT2D eigenvalue weighted by molar-refractivity contribution is -0.121. The van der Waals surface area contributed by atoms with Crippen LogP contribution in [-0.4, -0.2) is 44.4 Å². The summed E-state index contributed by atoms with van der Waals surface area (Å²) in [4.78, 5) is 22.4. The minimum absolute atomic E-state index is 0.127. The SMILES string of the molecule is COCCNC(=O)CCNC(=O)OC(C)(C)C. The highest BCUT2D eigenvalue weighted by Crippen LogP contribution is 2.06. The molecule has 0 atom stereocenters. The van der Waals surface area contributed by atoms with Crippen molar-refractivity contribution in [2.45, 2.75) is 32.8 Å². The lowest BCUT2D eigenvalue weighted by atomic mass is 10.2. The number of alkyl carbamates (subject to hydrolysis) is 1. The molecule has 6 nitrogen and oxygen atoms in total.